The zero-order valence-electron chi connectivity index (χ0n) is 13.2. The van der Waals surface area contributed by atoms with E-state index < -0.39 is 0 Å². The summed E-state index contributed by atoms with van der Waals surface area (Å²) in [6, 6.07) is 0. The van der Waals surface area contributed by atoms with Gasteiger partial charge in [0.25, 0.3) is 0 Å². The second-order valence-electron chi connectivity index (χ2n) is 6.40. The first-order valence-electron chi connectivity index (χ1n) is 8.19. The maximum Gasteiger partial charge on any atom is 0.0823 e. The third kappa shape index (κ3) is 4.22. The van der Waals surface area contributed by atoms with Gasteiger partial charge in [0, 0.05) is 13.1 Å². The number of hydrogen-bond donors (Lipinski definition) is 0. The molecule has 0 unspecified atom stereocenters. The molecule has 1 heterocycles. The lowest BCUT2D eigenvalue weighted by molar-refractivity contribution is 0.0717. The minimum atomic E-state index is 0.0609. The maximum atomic E-state index is 5.78. The Labute approximate surface area is 124 Å². The SMILES string of the molecule is C#CC1(N(C)CCOCCN2CCC(CC)CC2)CC1. The molecule has 1 saturated carbocycles. The van der Waals surface area contributed by atoms with Crippen LogP contribution >= 0.6 is 0 Å². The molecule has 114 valence electrons. The number of likely N-dealkylation sites (tertiary alicyclic amines) is 1. The van der Waals surface area contributed by atoms with Crippen molar-refractivity contribution >= 4 is 0 Å². The molecule has 1 aliphatic carbocycles. The smallest absolute Gasteiger partial charge is 0.0823 e. The van der Waals surface area contributed by atoms with Crippen LogP contribution in [0.1, 0.15) is 39.0 Å². The van der Waals surface area contributed by atoms with Gasteiger partial charge in [-0.05, 0) is 51.7 Å². The summed E-state index contributed by atoms with van der Waals surface area (Å²) in [6.07, 6.45) is 11.9. The lowest BCUT2D eigenvalue weighted by atomic mass is 9.94. The Morgan fingerprint density at radius 3 is 2.55 bits per heavy atom. The van der Waals surface area contributed by atoms with Gasteiger partial charge < -0.3 is 9.64 Å². The quantitative estimate of drug-likeness (QED) is 0.500. The number of piperidine rings is 1. The summed E-state index contributed by atoms with van der Waals surface area (Å²) in [5.41, 5.74) is 0.0609. The van der Waals surface area contributed by atoms with Crippen molar-refractivity contribution in [2.24, 2.45) is 5.92 Å². The largest absolute Gasteiger partial charge is 0.379 e. The van der Waals surface area contributed by atoms with Crippen molar-refractivity contribution in [3.63, 3.8) is 0 Å². The summed E-state index contributed by atoms with van der Waals surface area (Å²) >= 11 is 0. The molecule has 0 aromatic heterocycles. The number of ether oxygens (including phenoxy) is 1. The highest BCUT2D eigenvalue weighted by atomic mass is 16.5. The highest BCUT2D eigenvalue weighted by Crippen LogP contribution is 2.39. The molecule has 3 nitrogen and oxygen atoms in total. The zero-order valence-corrected chi connectivity index (χ0v) is 13.2. The van der Waals surface area contributed by atoms with Crippen LogP contribution in [-0.4, -0.2) is 61.8 Å². The molecule has 2 rings (SSSR count). The molecule has 1 saturated heterocycles. The van der Waals surface area contributed by atoms with Gasteiger partial charge in [-0.15, -0.1) is 6.42 Å². The Hall–Kier alpha value is -0.560. The molecule has 3 heteroatoms. The predicted octanol–water partition coefficient (Wildman–Crippen LogP) is 2.22. The van der Waals surface area contributed by atoms with Gasteiger partial charge >= 0.3 is 0 Å². The van der Waals surface area contributed by atoms with Crippen molar-refractivity contribution in [1.29, 1.82) is 0 Å². The Bertz CT molecular complexity index is 324. The second-order valence-corrected chi connectivity index (χ2v) is 6.40. The summed E-state index contributed by atoms with van der Waals surface area (Å²) in [5.74, 6) is 3.87. The molecule has 0 amide bonds. The topological polar surface area (TPSA) is 15.7 Å². The average molecular weight is 278 g/mol. The van der Waals surface area contributed by atoms with Gasteiger partial charge in [-0.25, -0.2) is 0 Å². The molecule has 1 aliphatic heterocycles. The minimum Gasteiger partial charge on any atom is -0.379 e. The Morgan fingerprint density at radius 2 is 2.00 bits per heavy atom. The molecule has 2 aliphatic rings. The van der Waals surface area contributed by atoms with Crippen LogP contribution in [0, 0.1) is 18.3 Å². The molecule has 2 fully saturated rings. The molecule has 0 atom stereocenters. The van der Waals surface area contributed by atoms with Crippen LogP contribution in [0.2, 0.25) is 0 Å². The van der Waals surface area contributed by atoms with E-state index in [1.165, 1.54) is 32.4 Å². The van der Waals surface area contributed by atoms with E-state index in [0.29, 0.717) is 0 Å². The number of rotatable bonds is 8. The Kier molecular flexibility index (Phi) is 5.89. The summed E-state index contributed by atoms with van der Waals surface area (Å²) in [5, 5.41) is 0. The number of hydrogen-bond acceptors (Lipinski definition) is 3. The number of likely N-dealkylation sites (N-methyl/N-ethyl adjacent to an activating group) is 1. The molecule has 0 aromatic rings. The summed E-state index contributed by atoms with van der Waals surface area (Å²) in [7, 11) is 2.12. The van der Waals surface area contributed by atoms with Crippen molar-refractivity contribution in [3.8, 4) is 12.3 Å². The molecule has 0 aromatic carbocycles. The number of terminal acetylenes is 1. The zero-order chi connectivity index (χ0) is 14.4. The summed E-state index contributed by atoms with van der Waals surface area (Å²) in [4.78, 5) is 4.82. The van der Waals surface area contributed by atoms with Crippen LogP contribution in [0.4, 0.5) is 0 Å². The molecule has 0 spiro atoms. The highest BCUT2D eigenvalue weighted by Gasteiger charge is 2.44. The lowest BCUT2D eigenvalue weighted by Crippen LogP contribution is -2.37. The first kappa shape index (κ1) is 15.8. The molecule has 0 bridgehead atoms. The second kappa shape index (κ2) is 7.45. The van der Waals surface area contributed by atoms with Gasteiger partial charge in [-0.2, -0.15) is 0 Å². The van der Waals surface area contributed by atoms with Crippen molar-refractivity contribution in [3.05, 3.63) is 0 Å². The predicted molar refractivity (Wildman–Crippen MR) is 83.7 cm³/mol. The van der Waals surface area contributed by atoms with E-state index in [0.717, 1.165) is 45.1 Å². The van der Waals surface area contributed by atoms with Crippen molar-refractivity contribution in [2.45, 2.75) is 44.6 Å². The lowest BCUT2D eigenvalue weighted by Gasteiger charge is -2.31. The fourth-order valence-electron chi connectivity index (χ4n) is 3.08. The van der Waals surface area contributed by atoms with Crippen LogP contribution in [0.15, 0.2) is 0 Å². The highest BCUT2D eigenvalue weighted by molar-refractivity contribution is 5.22. The average Bonchev–Trinajstić information content (AvgIpc) is 3.28. The third-order valence-electron chi connectivity index (χ3n) is 5.13. The van der Waals surface area contributed by atoms with Crippen molar-refractivity contribution in [1.82, 2.24) is 9.80 Å². The molecule has 20 heavy (non-hydrogen) atoms. The Balaban J connectivity index is 1.49. The van der Waals surface area contributed by atoms with Crippen molar-refractivity contribution in [2.75, 3.05) is 46.4 Å². The first-order valence-corrected chi connectivity index (χ1v) is 8.19. The number of nitrogens with zero attached hydrogens (tertiary/aromatic N) is 2. The van der Waals surface area contributed by atoms with Crippen LogP contribution in [-0.2, 0) is 4.74 Å². The Morgan fingerprint density at radius 1 is 1.30 bits per heavy atom. The molecular weight excluding hydrogens is 248 g/mol. The molecule has 0 radical (unpaired) electrons. The van der Waals surface area contributed by atoms with E-state index in [4.69, 9.17) is 11.2 Å². The standard InChI is InChI=1S/C17H30N2O/c1-4-16-6-10-19(11-7-16)13-15-20-14-12-18(3)17(5-2)8-9-17/h2,16H,4,6-15H2,1,3H3. The van der Waals surface area contributed by atoms with E-state index in [1.54, 1.807) is 0 Å². The third-order valence-corrected chi connectivity index (χ3v) is 5.13. The normalized spacial score (nSPS) is 22.9. The fourth-order valence-corrected chi connectivity index (χ4v) is 3.08. The van der Waals surface area contributed by atoms with Gasteiger partial charge in [0.1, 0.15) is 0 Å². The van der Waals surface area contributed by atoms with Crippen LogP contribution in [0.25, 0.3) is 0 Å². The minimum absolute atomic E-state index is 0.0609. The fraction of sp³-hybridized carbons (Fsp3) is 0.882. The molecule has 0 N–H and O–H groups in total. The van der Waals surface area contributed by atoms with Crippen LogP contribution in [0.5, 0.6) is 0 Å². The van der Waals surface area contributed by atoms with E-state index in [1.807, 2.05) is 0 Å². The van der Waals surface area contributed by atoms with E-state index in [-0.39, 0.29) is 5.54 Å². The van der Waals surface area contributed by atoms with E-state index in [9.17, 15) is 0 Å². The molecular formula is C17H30N2O. The van der Waals surface area contributed by atoms with Crippen LogP contribution in [0.3, 0.4) is 0 Å². The van der Waals surface area contributed by atoms with Gasteiger partial charge in [-0.1, -0.05) is 19.3 Å². The van der Waals surface area contributed by atoms with Gasteiger partial charge in [0.15, 0.2) is 0 Å². The van der Waals surface area contributed by atoms with Gasteiger partial charge in [0.05, 0.1) is 18.8 Å². The van der Waals surface area contributed by atoms with Gasteiger partial charge in [-0.3, -0.25) is 4.90 Å². The summed E-state index contributed by atoms with van der Waals surface area (Å²) < 4.78 is 5.78. The summed E-state index contributed by atoms with van der Waals surface area (Å²) in [6.45, 7) is 8.49. The maximum absolute atomic E-state index is 5.78. The monoisotopic (exact) mass is 278 g/mol. The van der Waals surface area contributed by atoms with Gasteiger partial charge in [0.2, 0.25) is 0 Å². The first-order chi connectivity index (χ1) is 9.70. The van der Waals surface area contributed by atoms with Crippen LogP contribution < -0.4 is 0 Å². The van der Waals surface area contributed by atoms with Crippen molar-refractivity contribution < 1.29 is 4.74 Å². The van der Waals surface area contributed by atoms with E-state index >= 15 is 0 Å². The van der Waals surface area contributed by atoms with E-state index in [2.05, 4.69) is 29.7 Å².